The first-order chi connectivity index (χ1) is 7.14. The SMILES string of the molecule is CC(CC1(C(C)O)CO1)c1ccccc1. The molecule has 3 unspecified atom stereocenters. The van der Waals surface area contributed by atoms with Crippen molar-refractivity contribution in [3.05, 3.63) is 35.9 Å². The van der Waals surface area contributed by atoms with E-state index in [1.165, 1.54) is 5.56 Å². The summed E-state index contributed by atoms with van der Waals surface area (Å²) in [7, 11) is 0. The molecular formula is C13H18O2. The fourth-order valence-corrected chi connectivity index (χ4v) is 2.04. The largest absolute Gasteiger partial charge is 0.390 e. The maximum atomic E-state index is 9.61. The molecule has 0 bridgehead atoms. The van der Waals surface area contributed by atoms with Crippen LogP contribution < -0.4 is 0 Å². The topological polar surface area (TPSA) is 32.8 Å². The number of hydrogen-bond donors (Lipinski definition) is 1. The smallest absolute Gasteiger partial charge is 0.118 e. The summed E-state index contributed by atoms with van der Waals surface area (Å²) in [5, 5.41) is 9.61. The van der Waals surface area contributed by atoms with Crippen molar-refractivity contribution in [1.82, 2.24) is 0 Å². The highest BCUT2D eigenvalue weighted by Crippen LogP contribution is 2.40. The van der Waals surface area contributed by atoms with Crippen LogP contribution in [0.25, 0.3) is 0 Å². The molecule has 1 saturated heterocycles. The highest BCUT2D eigenvalue weighted by Gasteiger charge is 2.49. The molecule has 0 spiro atoms. The predicted molar refractivity (Wildman–Crippen MR) is 59.8 cm³/mol. The van der Waals surface area contributed by atoms with Crippen LogP contribution in [0.2, 0.25) is 0 Å². The first-order valence-corrected chi connectivity index (χ1v) is 5.51. The summed E-state index contributed by atoms with van der Waals surface area (Å²) < 4.78 is 5.40. The Balaban J connectivity index is 2.02. The van der Waals surface area contributed by atoms with Gasteiger partial charge in [0.2, 0.25) is 0 Å². The van der Waals surface area contributed by atoms with Crippen molar-refractivity contribution in [2.75, 3.05) is 6.61 Å². The highest BCUT2D eigenvalue weighted by atomic mass is 16.6. The summed E-state index contributed by atoms with van der Waals surface area (Å²) in [6.45, 7) is 4.69. The third kappa shape index (κ3) is 2.21. The first-order valence-electron chi connectivity index (χ1n) is 5.51. The maximum Gasteiger partial charge on any atom is 0.118 e. The van der Waals surface area contributed by atoms with Crippen LogP contribution in [0.5, 0.6) is 0 Å². The molecule has 1 aromatic rings. The van der Waals surface area contributed by atoms with Gasteiger partial charge in [0.1, 0.15) is 5.60 Å². The minimum absolute atomic E-state index is 0.269. The van der Waals surface area contributed by atoms with Crippen molar-refractivity contribution >= 4 is 0 Å². The van der Waals surface area contributed by atoms with Gasteiger partial charge in [-0.3, -0.25) is 0 Å². The van der Waals surface area contributed by atoms with E-state index < -0.39 is 0 Å². The lowest BCUT2D eigenvalue weighted by atomic mass is 9.88. The molecule has 0 radical (unpaired) electrons. The molecule has 82 valence electrons. The number of ether oxygens (including phenoxy) is 1. The van der Waals surface area contributed by atoms with Crippen molar-refractivity contribution in [3.8, 4) is 0 Å². The lowest BCUT2D eigenvalue weighted by Gasteiger charge is -2.20. The quantitative estimate of drug-likeness (QED) is 0.767. The summed E-state index contributed by atoms with van der Waals surface area (Å²) >= 11 is 0. The highest BCUT2D eigenvalue weighted by molar-refractivity contribution is 5.20. The van der Waals surface area contributed by atoms with Gasteiger partial charge in [-0.2, -0.15) is 0 Å². The number of benzene rings is 1. The zero-order chi connectivity index (χ0) is 10.9. The van der Waals surface area contributed by atoms with Gasteiger partial charge in [-0.05, 0) is 24.8 Å². The Morgan fingerprint density at radius 3 is 2.40 bits per heavy atom. The molecule has 0 aliphatic carbocycles. The predicted octanol–water partition coefficient (Wildman–Crippen LogP) is 2.33. The van der Waals surface area contributed by atoms with Gasteiger partial charge < -0.3 is 9.84 Å². The molecular weight excluding hydrogens is 188 g/mol. The Kier molecular flexibility index (Phi) is 2.81. The van der Waals surface area contributed by atoms with Crippen LogP contribution in [0.4, 0.5) is 0 Å². The average Bonchev–Trinajstić information content (AvgIpc) is 3.00. The van der Waals surface area contributed by atoms with Gasteiger partial charge in [0.15, 0.2) is 0 Å². The Morgan fingerprint density at radius 2 is 1.93 bits per heavy atom. The van der Waals surface area contributed by atoms with E-state index in [1.54, 1.807) is 0 Å². The molecule has 2 heteroatoms. The molecule has 1 aromatic carbocycles. The lowest BCUT2D eigenvalue weighted by molar-refractivity contribution is 0.0803. The van der Waals surface area contributed by atoms with Gasteiger partial charge >= 0.3 is 0 Å². The second-order valence-corrected chi connectivity index (χ2v) is 4.55. The molecule has 0 amide bonds. The Bertz CT molecular complexity index is 315. The van der Waals surface area contributed by atoms with Crippen molar-refractivity contribution in [2.45, 2.75) is 37.9 Å². The van der Waals surface area contributed by atoms with Gasteiger partial charge in [-0.25, -0.2) is 0 Å². The maximum absolute atomic E-state index is 9.61. The Labute approximate surface area is 90.9 Å². The van der Waals surface area contributed by atoms with Gasteiger partial charge in [0.25, 0.3) is 0 Å². The molecule has 1 fully saturated rings. The molecule has 1 aliphatic heterocycles. The summed E-state index contributed by atoms with van der Waals surface area (Å²) in [6, 6.07) is 10.4. The van der Waals surface area contributed by atoms with Crippen LogP contribution in [-0.4, -0.2) is 23.4 Å². The number of hydrogen-bond acceptors (Lipinski definition) is 2. The van der Waals surface area contributed by atoms with Crippen LogP contribution in [0.1, 0.15) is 31.7 Å². The van der Waals surface area contributed by atoms with E-state index >= 15 is 0 Å². The summed E-state index contributed by atoms with van der Waals surface area (Å²) in [5.41, 5.74) is 1.04. The lowest BCUT2D eigenvalue weighted by Crippen LogP contribution is -2.28. The molecule has 2 rings (SSSR count). The van der Waals surface area contributed by atoms with Gasteiger partial charge in [-0.15, -0.1) is 0 Å². The third-order valence-electron chi connectivity index (χ3n) is 3.30. The second kappa shape index (κ2) is 3.95. The van der Waals surface area contributed by atoms with E-state index in [4.69, 9.17) is 4.74 Å². The summed E-state index contributed by atoms with van der Waals surface area (Å²) in [5.74, 6) is 0.434. The van der Waals surface area contributed by atoms with Crippen LogP contribution in [-0.2, 0) is 4.74 Å². The number of rotatable bonds is 4. The van der Waals surface area contributed by atoms with Crippen LogP contribution in [0, 0.1) is 0 Å². The molecule has 1 N–H and O–H groups in total. The number of aliphatic hydroxyl groups is 1. The van der Waals surface area contributed by atoms with E-state index in [2.05, 4.69) is 31.2 Å². The fraction of sp³-hybridized carbons (Fsp3) is 0.538. The number of epoxide rings is 1. The molecule has 2 nitrogen and oxygen atoms in total. The zero-order valence-electron chi connectivity index (χ0n) is 9.31. The standard InChI is InChI=1S/C13H18O2/c1-10(12-6-4-3-5-7-12)8-13(9-15-13)11(2)14/h3-7,10-11,14H,8-9H2,1-2H3. The molecule has 1 aliphatic rings. The van der Waals surface area contributed by atoms with Crippen molar-refractivity contribution in [3.63, 3.8) is 0 Å². The first kappa shape index (κ1) is 10.7. The van der Waals surface area contributed by atoms with Gasteiger partial charge in [0.05, 0.1) is 12.7 Å². The van der Waals surface area contributed by atoms with Crippen LogP contribution in [0.15, 0.2) is 30.3 Å². The molecule has 15 heavy (non-hydrogen) atoms. The zero-order valence-corrected chi connectivity index (χ0v) is 9.31. The molecule has 3 atom stereocenters. The Morgan fingerprint density at radius 1 is 1.33 bits per heavy atom. The van der Waals surface area contributed by atoms with E-state index in [0.717, 1.165) is 6.42 Å². The van der Waals surface area contributed by atoms with Crippen molar-refractivity contribution in [2.24, 2.45) is 0 Å². The minimum atomic E-state index is -0.372. The molecule has 0 aromatic heterocycles. The van der Waals surface area contributed by atoms with Gasteiger partial charge in [0, 0.05) is 0 Å². The van der Waals surface area contributed by atoms with E-state index in [1.807, 2.05) is 13.0 Å². The fourth-order valence-electron chi connectivity index (χ4n) is 2.04. The number of aliphatic hydroxyl groups excluding tert-OH is 1. The van der Waals surface area contributed by atoms with E-state index in [9.17, 15) is 5.11 Å². The molecule has 0 saturated carbocycles. The normalized spacial score (nSPS) is 28.5. The van der Waals surface area contributed by atoms with E-state index in [0.29, 0.717) is 12.5 Å². The average molecular weight is 206 g/mol. The molecule has 1 heterocycles. The van der Waals surface area contributed by atoms with Gasteiger partial charge in [-0.1, -0.05) is 37.3 Å². The third-order valence-corrected chi connectivity index (χ3v) is 3.30. The summed E-state index contributed by atoms with van der Waals surface area (Å²) in [6.07, 6.45) is 0.526. The summed E-state index contributed by atoms with van der Waals surface area (Å²) in [4.78, 5) is 0. The van der Waals surface area contributed by atoms with Crippen molar-refractivity contribution in [1.29, 1.82) is 0 Å². The van der Waals surface area contributed by atoms with Crippen molar-refractivity contribution < 1.29 is 9.84 Å². The minimum Gasteiger partial charge on any atom is -0.390 e. The van der Waals surface area contributed by atoms with Crippen LogP contribution in [0.3, 0.4) is 0 Å². The van der Waals surface area contributed by atoms with E-state index in [-0.39, 0.29) is 11.7 Å². The van der Waals surface area contributed by atoms with Crippen LogP contribution >= 0.6 is 0 Å². The monoisotopic (exact) mass is 206 g/mol. The second-order valence-electron chi connectivity index (χ2n) is 4.55. The Hall–Kier alpha value is -0.860.